The molecule has 1 N–H and O–H groups in total. The first-order valence-corrected chi connectivity index (χ1v) is 9.81. The third kappa shape index (κ3) is 3.07. The Kier molecular flexibility index (Phi) is 4.39. The van der Waals surface area contributed by atoms with Crippen molar-refractivity contribution in [3.8, 4) is 11.5 Å². The number of hydrogen-bond acceptors (Lipinski definition) is 8. The van der Waals surface area contributed by atoms with Crippen LogP contribution < -0.4 is 19.7 Å². The Balaban J connectivity index is 1.29. The maximum Gasteiger partial charge on any atom is 0.263 e. The summed E-state index contributed by atoms with van der Waals surface area (Å²) in [6.07, 6.45) is 0. The second kappa shape index (κ2) is 7.10. The minimum atomic E-state index is -0.959. The topological polar surface area (TPSA) is 113 Å². The summed E-state index contributed by atoms with van der Waals surface area (Å²) in [5.41, 5.74) is 0.963. The highest BCUT2D eigenvalue weighted by Gasteiger charge is 2.55. The summed E-state index contributed by atoms with van der Waals surface area (Å²) < 4.78 is 11.4. The van der Waals surface area contributed by atoms with Gasteiger partial charge in [-0.2, -0.15) is 5.11 Å². The number of fused-ring (bicyclic) bond motifs is 2. The van der Waals surface area contributed by atoms with Crippen molar-refractivity contribution in [1.29, 1.82) is 0 Å². The van der Waals surface area contributed by atoms with Crippen LogP contribution in [-0.4, -0.2) is 48.2 Å². The summed E-state index contributed by atoms with van der Waals surface area (Å²) in [4.78, 5) is 39.2. The van der Waals surface area contributed by atoms with Crippen LogP contribution in [0.4, 0.5) is 11.4 Å². The minimum absolute atomic E-state index is 0.134. The fourth-order valence-electron chi connectivity index (χ4n) is 3.52. The molecule has 30 heavy (non-hydrogen) atoms. The van der Waals surface area contributed by atoms with Crippen LogP contribution in [0.15, 0.2) is 57.3 Å². The van der Waals surface area contributed by atoms with Gasteiger partial charge in [0.25, 0.3) is 11.8 Å². The Morgan fingerprint density at radius 3 is 2.67 bits per heavy atom. The Morgan fingerprint density at radius 1 is 1.10 bits per heavy atom. The van der Waals surface area contributed by atoms with Crippen LogP contribution in [0.3, 0.4) is 0 Å². The van der Waals surface area contributed by atoms with Crippen molar-refractivity contribution < 1.29 is 23.9 Å². The third-order valence-corrected chi connectivity index (χ3v) is 5.43. The van der Waals surface area contributed by atoms with E-state index in [9.17, 15) is 14.4 Å². The van der Waals surface area contributed by atoms with Crippen molar-refractivity contribution in [2.24, 2.45) is 10.3 Å². The molecule has 152 valence electrons. The van der Waals surface area contributed by atoms with E-state index < -0.39 is 29.8 Å². The molecule has 2 aromatic rings. The quantitative estimate of drug-likeness (QED) is 0.683. The number of hydrogen-bond donors (Lipinski definition) is 1. The molecule has 0 aliphatic carbocycles. The molecular weight excluding hydrogens is 458 g/mol. The SMILES string of the molecule is O=C(CN1N=N[C@@H]2C(=O)N(c3ccc(Br)cc3)C(=O)[C@@H]21)Nc1ccc2c(c1)OCO2. The highest BCUT2D eigenvalue weighted by molar-refractivity contribution is 9.10. The molecule has 2 aromatic carbocycles. The highest BCUT2D eigenvalue weighted by Crippen LogP contribution is 2.35. The first kappa shape index (κ1) is 18.6. The van der Waals surface area contributed by atoms with Gasteiger partial charge in [0.05, 0.1) is 5.69 Å². The number of anilines is 2. The van der Waals surface area contributed by atoms with E-state index in [2.05, 4.69) is 31.6 Å². The number of carbonyl (C=O) groups is 3. The van der Waals surface area contributed by atoms with Crippen LogP contribution in [0.2, 0.25) is 0 Å². The lowest BCUT2D eigenvalue weighted by atomic mass is 10.1. The van der Waals surface area contributed by atoms with Crippen LogP contribution in [0, 0.1) is 0 Å². The molecule has 5 rings (SSSR count). The van der Waals surface area contributed by atoms with Crippen LogP contribution in [0.25, 0.3) is 0 Å². The summed E-state index contributed by atoms with van der Waals surface area (Å²) in [7, 11) is 0. The Bertz CT molecular complexity index is 1090. The monoisotopic (exact) mass is 471 g/mol. The molecule has 2 atom stereocenters. The third-order valence-electron chi connectivity index (χ3n) is 4.90. The van der Waals surface area contributed by atoms with Gasteiger partial charge in [0.1, 0.15) is 6.54 Å². The number of ether oxygens (including phenoxy) is 2. The van der Waals surface area contributed by atoms with Crippen molar-refractivity contribution in [2.75, 3.05) is 23.6 Å². The van der Waals surface area contributed by atoms with E-state index in [1.807, 2.05) is 0 Å². The van der Waals surface area contributed by atoms with Crippen LogP contribution in [-0.2, 0) is 14.4 Å². The summed E-state index contributed by atoms with van der Waals surface area (Å²) >= 11 is 3.32. The molecule has 0 saturated carbocycles. The molecule has 0 radical (unpaired) electrons. The summed E-state index contributed by atoms with van der Waals surface area (Å²) in [6.45, 7) is -0.0960. The van der Waals surface area contributed by atoms with Crippen molar-refractivity contribution in [3.05, 3.63) is 46.9 Å². The zero-order valence-electron chi connectivity index (χ0n) is 15.3. The lowest BCUT2D eigenvalue weighted by molar-refractivity contribution is -0.123. The molecule has 0 unspecified atom stereocenters. The summed E-state index contributed by atoms with van der Waals surface area (Å²) in [6, 6.07) is 9.92. The zero-order chi connectivity index (χ0) is 20.8. The van der Waals surface area contributed by atoms with Gasteiger partial charge in [0, 0.05) is 16.2 Å². The first-order valence-electron chi connectivity index (χ1n) is 9.01. The number of rotatable bonds is 4. The van der Waals surface area contributed by atoms with Crippen molar-refractivity contribution >= 4 is 45.0 Å². The average molecular weight is 472 g/mol. The number of amides is 3. The Hall–Kier alpha value is -3.47. The van der Waals surface area contributed by atoms with Crippen molar-refractivity contribution in [3.63, 3.8) is 0 Å². The molecule has 0 aromatic heterocycles. The first-order chi connectivity index (χ1) is 14.5. The van der Waals surface area contributed by atoms with Gasteiger partial charge in [-0.3, -0.25) is 19.4 Å². The highest BCUT2D eigenvalue weighted by atomic mass is 79.9. The lowest BCUT2D eigenvalue weighted by Crippen LogP contribution is -2.43. The zero-order valence-corrected chi connectivity index (χ0v) is 16.9. The summed E-state index contributed by atoms with van der Waals surface area (Å²) in [5.74, 6) is -0.193. The molecule has 0 bridgehead atoms. The van der Waals surface area contributed by atoms with Gasteiger partial charge in [-0.05, 0) is 36.4 Å². The molecule has 3 heterocycles. The molecule has 3 amide bonds. The fourth-order valence-corrected chi connectivity index (χ4v) is 3.78. The van der Waals surface area contributed by atoms with Crippen LogP contribution >= 0.6 is 15.9 Å². The van der Waals surface area contributed by atoms with E-state index in [-0.39, 0.29) is 13.3 Å². The van der Waals surface area contributed by atoms with E-state index in [1.165, 1.54) is 5.01 Å². The number of benzene rings is 2. The smallest absolute Gasteiger partial charge is 0.263 e. The molecule has 3 aliphatic heterocycles. The van der Waals surface area contributed by atoms with Gasteiger partial charge in [-0.1, -0.05) is 21.2 Å². The molecule has 1 saturated heterocycles. The predicted molar refractivity (Wildman–Crippen MR) is 107 cm³/mol. The Labute approximate surface area is 178 Å². The van der Waals surface area contributed by atoms with Gasteiger partial charge in [0.15, 0.2) is 23.6 Å². The number of nitrogens with one attached hydrogen (secondary N) is 1. The van der Waals surface area contributed by atoms with E-state index in [1.54, 1.807) is 42.5 Å². The maximum atomic E-state index is 12.9. The minimum Gasteiger partial charge on any atom is -0.454 e. The number of nitrogens with zero attached hydrogens (tertiary/aromatic N) is 4. The molecule has 1 fully saturated rings. The standard InChI is InChI=1S/C19H14BrN5O5/c20-10-1-4-12(5-2-10)25-18(27)16-17(19(25)28)24(23-22-16)8-15(26)21-11-3-6-13-14(7-11)30-9-29-13/h1-7,16-17H,8-9H2,(H,21,26)/t16-,17+/m0/s1. The number of imide groups is 1. The summed E-state index contributed by atoms with van der Waals surface area (Å²) in [5, 5.41) is 11.8. The van der Waals surface area contributed by atoms with Crippen LogP contribution in [0.1, 0.15) is 0 Å². The van der Waals surface area contributed by atoms with E-state index in [4.69, 9.17) is 9.47 Å². The van der Waals surface area contributed by atoms with E-state index in [0.29, 0.717) is 22.9 Å². The molecule has 10 nitrogen and oxygen atoms in total. The molecule has 3 aliphatic rings. The van der Waals surface area contributed by atoms with Gasteiger partial charge < -0.3 is 14.8 Å². The molecule has 11 heteroatoms. The van der Waals surface area contributed by atoms with Crippen molar-refractivity contribution in [2.45, 2.75) is 12.1 Å². The van der Waals surface area contributed by atoms with Gasteiger partial charge in [-0.15, -0.1) is 0 Å². The van der Waals surface area contributed by atoms with E-state index in [0.717, 1.165) is 9.37 Å². The fraction of sp³-hybridized carbons (Fsp3) is 0.211. The molecule has 0 spiro atoms. The average Bonchev–Trinajstić information content (AvgIpc) is 3.41. The van der Waals surface area contributed by atoms with E-state index >= 15 is 0 Å². The van der Waals surface area contributed by atoms with Gasteiger partial charge >= 0.3 is 0 Å². The second-order valence-electron chi connectivity index (χ2n) is 6.80. The van der Waals surface area contributed by atoms with Gasteiger partial charge in [-0.25, -0.2) is 4.90 Å². The Morgan fingerprint density at radius 2 is 1.87 bits per heavy atom. The predicted octanol–water partition coefficient (Wildman–Crippen LogP) is 2.11. The maximum absolute atomic E-state index is 12.9. The normalized spacial score (nSPS) is 21.4. The molecular formula is C19H14BrN5O5. The largest absolute Gasteiger partial charge is 0.454 e. The van der Waals surface area contributed by atoms with Crippen molar-refractivity contribution in [1.82, 2.24) is 5.01 Å². The number of carbonyl (C=O) groups excluding carboxylic acids is 3. The number of halogens is 1. The van der Waals surface area contributed by atoms with Gasteiger partial charge in [0.2, 0.25) is 12.7 Å². The van der Waals surface area contributed by atoms with Crippen LogP contribution in [0.5, 0.6) is 11.5 Å². The second-order valence-corrected chi connectivity index (χ2v) is 7.71. The lowest BCUT2D eigenvalue weighted by Gasteiger charge is -2.20.